The van der Waals surface area contributed by atoms with Gasteiger partial charge < -0.3 is 0 Å². The van der Waals surface area contributed by atoms with Gasteiger partial charge in [0.05, 0.1) is 11.1 Å². The first-order valence-corrected chi connectivity index (χ1v) is 4.40. The summed E-state index contributed by atoms with van der Waals surface area (Å²) in [5.74, 6) is 0.231. The second kappa shape index (κ2) is 3.17. The van der Waals surface area contributed by atoms with Crippen molar-refractivity contribution in [2.45, 2.75) is 19.8 Å². The Hall–Kier alpha value is -1.78. The third kappa shape index (κ3) is 1.26. The summed E-state index contributed by atoms with van der Waals surface area (Å²) in [6.45, 7) is 4.01. The molecule has 14 heavy (non-hydrogen) atoms. The lowest BCUT2D eigenvalue weighted by molar-refractivity contribution is 0.809. The molecule has 0 aliphatic rings. The number of pyridine rings is 1. The molecule has 2 aromatic rings. The van der Waals surface area contributed by atoms with Crippen molar-refractivity contribution in [3.05, 3.63) is 28.3 Å². The highest BCUT2D eigenvalue weighted by Gasteiger charge is 2.09. The van der Waals surface area contributed by atoms with E-state index in [1.54, 1.807) is 12.3 Å². The standard InChI is InChI=1S/C9H10N4O/c1-5(2)7-8-6(3-4-10-7)9(14)12-13-11-8/h3-5H,1-2H3,(H,11,12,14). The average molecular weight is 190 g/mol. The van der Waals surface area contributed by atoms with Crippen LogP contribution in [0.2, 0.25) is 0 Å². The van der Waals surface area contributed by atoms with Gasteiger partial charge in [-0.2, -0.15) is 0 Å². The minimum atomic E-state index is -0.223. The highest BCUT2D eigenvalue weighted by atomic mass is 16.1. The number of fused-ring (bicyclic) bond motifs is 1. The SMILES string of the molecule is CC(C)c1nccc2c(=O)[nH]nnc12. The van der Waals surface area contributed by atoms with Gasteiger partial charge in [0.2, 0.25) is 0 Å². The first kappa shape index (κ1) is 8.80. The third-order valence-electron chi connectivity index (χ3n) is 2.05. The second-order valence-corrected chi connectivity index (χ2v) is 3.39. The molecule has 72 valence electrons. The number of rotatable bonds is 1. The summed E-state index contributed by atoms with van der Waals surface area (Å²) >= 11 is 0. The molecule has 0 saturated carbocycles. The molecule has 0 amide bonds. The quantitative estimate of drug-likeness (QED) is 0.723. The van der Waals surface area contributed by atoms with Gasteiger partial charge in [0.1, 0.15) is 5.52 Å². The van der Waals surface area contributed by atoms with Gasteiger partial charge in [-0.25, -0.2) is 5.10 Å². The molecule has 0 aromatic carbocycles. The van der Waals surface area contributed by atoms with Gasteiger partial charge in [0.25, 0.3) is 5.56 Å². The summed E-state index contributed by atoms with van der Waals surface area (Å²) in [5, 5.41) is 10.3. The van der Waals surface area contributed by atoms with Crippen molar-refractivity contribution in [2.24, 2.45) is 0 Å². The van der Waals surface area contributed by atoms with Crippen molar-refractivity contribution in [3.8, 4) is 0 Å². The number of nitrogens with zero attached hydrogens (tertiary/aromatic N) is 3. The maximum Gasteiger partial charge on any atom is 0.275 e. The molecule has 5 nitrogen and oxygen atoms in total. The average Bonchev–Trinajstić information content (AvgIpc) is 2.17. The van der Waals surface area contributed by atoms with Gasteiger partial charge in [-0.05, 0) is 12.0 Å². The summed E-state index contributed by atoms with van der Waals surface area (Å²) < 4.78 is 0. The lowest BCUT2D eigenvalue weighted by Gasteiger charge is -2.05. The summed E-state index contributed by atoms with van der Waals surface area (Å²) in [7, 11) is 0. The molecule has 0 fully saturated rings. The highest BCUT2D eigenvalue weighted by molar-refractivity contribution is 5.78. The zero-order chi connectivity index (χ0) is 10.1. The normalized spacial score (nSPS) is 11.1. The molecule has 2 aromatic heterocycles. The van der Waals surface area contributed by atoms with Crippen molar-refractivity contribution < 1.29 is 0 Å². The zero-order valence-electron chi connectivity index (χ0n) is 7.98. The van der Waals surface area contributed by atoms with Crippen LogP contribution in [0.3, 0.4) is 0 Å². The van der Waals surface area contributed by atoms with E-state index in [1.165, 1.54) is 0 Å². The Labute approximate surface area is 80.2 Å². The minimum Gasteiger partial charge on any atom is -0.267 e. The second-order valence-electron chi connectivity index (χ2n) is 3.39. The molecule has 0 aliphatic carbocycles. The smallest absolute Gasteiger partial charge is 0.267 e. The minimum absolute atomic E-state index is 0.223. The van der Waals surface area contributed by atoms with E-state index in [9.17, 15) is 4.79 Å². The van der Waals surface area contributed by atoms with Crippen LogP contribution in [0.25, 0.3) is 10.9 Å². The largest absolute Gasteiger partial charge is 0.275 e. The fraction of sp³-hybridized carbons (Fsp3) is 0.333. The molecule has 0 aliphatic heterocycles. The number of hydrogen-bond donors (Lipinski definition) is 1. The topological polar surface area (TPSA) is 71.5 Å². The Morgan fingerprint density at radius 3 is 2.93 bits per heavy atom. The Morgan fingerprint density at radius 2 is 2.21 bits per heavy atom. The number of hydrogen-bond acceptors (Lipinski definition) is 4. The van der Waals surface area contributed by atoms with Gasteiger partial charge in [-0.15, -0.1) is 5.10 Å². The van der Waals surface area contributed by atoms with Crippen molar-refractivity contribution in [3.63, 3.8) is 0 Å². The molecular formula is C9H10N4O. The lowest BCUT2D eigenvalue weighted by atomic mass is 10.1. The summed E-state index contributed by atoms with van der Waals surface area (Å²) in [6.07, 6.45) is 1.62. The monoisotopic (exact) mass is 190 g/mol. The fourth-order valence-electron chi connectivity index (χ4n) is 1.36. The zero-order valence-corrected chi connectivity index (χ0v) is 7.98. The molecule has 0 saturated heterocycles. The van der Waals surface area contributed by atoms with Gasteiger partial charge in [-0.3, -0.25) is 9.78 Å². The highest BCUT2D eigenvalue weighted by Crippen LogP contribution is 2.17. The van der Waals surface area contributed by atoms with E-state index in [-0.39, 0.29) is 11.5 Å². The van der Waals surface area contributed by atoms with Crippen LogP contribution in [-0.2, 0) is 0 Å². The molecular weight excluding hydrogens is 180 g/mol. The molecule has 1 N–H and O–H groups in total. The predicted octanol–water partition coefficient (Wildman–Crippen LogP) is 0.837. The van der Waals surface area contributed by atoms with E-state index in [2.05, 4.69) is 20.4 Å². The van der Waals surface area contributed by atoms with Gasteiger partial charge in [0.15, 0.2) is 0 Å². The van der Waals surface area contributed by atoms with Crippen molar-refractivity contribution in [1.82, 2.24) is 20.4 Å². The van der Waals surface area contributed by atoms with Crippen LogP contribution in [0.15, 0.2) is 17.1 Å². The van der Waals surface area contributed by atoms with Crippen LogP contribution in [0.4, 0.5) is 0 Å². The summed E-state index contributed by atoms with van der Waals surface area (Å²) in [5.41, 5.74) is 1.17. The van der Waals surface area contributed by atoms with Crippen LogP contribution in [0, 0.1) is 0 Å². The van der Waals surface area contributed by atoms with E-state index in [0.29, 0.717) is 10.9 Å². The van der Waals surface area contributed by atoms with E-state index < -0.39 is 0 Å². The Bertz CT molecular complexity index is 517. The van der Waals surface area contributed by atoms with Crippen molar-refractivity contribution >= 4 is 10.9 Å². The number of aromatic nitrogens is 4. The molecule has 0 unspecified atom stereocenters. The van der Waals surface area contributed by atoms with E-state index in [4.69, 9.17) is 0 Å². The van der Waals surface area contributed by atoms with Gasteiger partial charge in [0, 0.05) is 6.20 Å². The molecule has 0 bridgehead atoms. The van der Waals surface area contributed by atoms with Crippen LogP contribution >= 0.6 is 0 Å². The number of H-pyrrole nitrogens is 1. The van der Waals surface area contributed by atoms with Crippen LogP contribution in [0.1, 0.15) is 25.5 Å². The third-order valence-corrected chi connectivity index (χ3v) is 2.05. The number of aromatic amines is 1. The maximum absolute atomic E-state index is 11.4. The Balaban J connectivity index is 2.88. The van der Waals surface area contributed by atoms with Crippen LogP contribution < -0.4 is 5.56 Å². The summed E-state index contributed by atoms with van der Waals surface area (Å²) in [6, 6.07) is 1.65. The molecule has 2 heterocycles. The van der Waals surface area contributed by atoms with E-state index >= 15 is 0 Å². The molecule has 5 heteroatoms. The first-order valence-electron chi connectivity index (χ1n) is 4.40. The molecule has 0 radical (unpaired) electrons. The molecule has 0 spiro atoms. The van der Waals surface area contributed by atoms with E-state index in [1.807, 2.05) is 13.8 Å². The van der Waals surface area contributed by atoms with Crippen LogP contribution in [-0.4, -0.2) is 20.4 Å². The predicted molar refractivity (Wildman–Crippen MR) is 52.0 cm³/mol. The van der Waals surface area contributed by atoms with Crippen LogP contribution in [0.5, 0.6) is 0 Å². The van der Waals surface area contributed by atoms with Gasteiger partial charge >= 0.3 is 0 Å². The number of nitrogens with one attached hydrogen (secondary N) is 1. The van der Waals surface area contributed by atoms with Crippen molar-refractivity contribution in [2.75, 3.05) is 0 Å². The Kier molecular flexibility index (Phi) is 1.99. The van der Waals surface area contributed by atoms with Crippen molar-refractivity contribution in [1.29, 1.82) is 0 Å². The molecule has 0 atom stereocenters. The first-order chi connectivity index (χ1) is 6.70. The molecule has 2 rings (SSSR count). The fourth-order valence-corrected chi connectivity index (χ4v) is 1.36. The lowest BCUT2D eigenvalue weighted by Crippen LogP contribution is -2.11. The summed E-state index contributed by atoms with van der Waals surface area (Å²) in [4.78, 5) is 15.6. The van der Waals surface area contributed by atoms with Gasteiger partial charge in [-0.1, -0.05) is 19.1 Å². The Morgan fingerprint density at radius 1 is 1.43 bits per heavy atom. The van der Waals surface area contributed by atoms with E-state index in [0.717, 1.165) is 5.69 Å². The maximum atomic E-state index is 11.4.